The van der Waals surface area contributed by atoms with Gasteiger partial charge in [0.1, 0.15) is 6.54 Å². The van der Waals surface area contributed by atoms with Gasteiger partial charge in [0.2, 0.25) is 0 Å². The van der Waals surface area contributed by atoms with Crippen LogP contribution < -0.4 is 17.0 Å². The van der Waals surface area contributed by atoms with Crippen LogP contribution in [0.4, 0.5) is 26.3 Å². The van der Waals surface area contributed by atoms with Gasteiger partial charge < -0.3 is 21.5 Å². The van der Waals surface area contributed by atoms with Crippen molar-refractivity contribution in [2.45, 2.75) is 33.1 Å². The molecule has 0 aliphatic heterocycles. The van der Waals surface area contributed by atoms with Gasteiger partial charge in [-0.15, -0.1) is 0 Å². The number of hydrogen-bond acceptors (Lipinski definition) is 0. The normalized spacial score (nSPS) is 12.2. The highest BCUT2D eigenvalue weighted by molar-refractivity contribution is 5.42. The minimum atomic E-state index is -4.85. The average molecular weight is 432 g/mol. The summed E-state index contributed by atoms with van der Waals surface area (Å²) in [4.78, 5) is 0. The lowest BCUT2D eigenvalue weighted by molar-refractivity contribution is -0.916. The van der Waals surface area contributed by atoms with Gasteiger partial charge in [-0.3, -0.25) is 0 Å². The van der Waals surface area contributed by atoms with E-state index in [0.717, 1.165) is 19.6 Å². The molecule has 25 heavy (non-hydrogen) atoms. The number of nitrogens with zero attached hydrogens (tertiary/aromatic N) is 1. The molecule has 0 aromatic heterocycles. The SMILES string of the molecule is CC[N+](CC)(CC)CC#Cc1cc(C(F)(F)F)cc(C(F)(F)F)c1.[Br-]. The van der Waals surface area contributed by atoms with Crippen LogP contribution in [0.1, 0.15) is 37.5 Å². The molecule has 0 radical (unpaired) electrons. The molecule has 0 amide bonds. The second kappa shape index (κ2) is 8.95. The quantitative estimate of drug-likeness (QED) is 0.388. The van der Waals surface area contributed by atoms with E-state index in [9.17, 15) is 26.3 Å². The van der Waals surface area contributed by atoms with E-state index in [4.69, 9.17) is 0 Å². The summed E-state index contributed by atoms with van der Waals surface area (Å²) in [6, 6.07) is 1.41. The van der Waals surface area contributed by atoms with Crippen LogP contribution in [-0.4, -0.2) is 30.7 Å². The zero-order chi connectivity index (χ0) is 18.6. The van der Waals surface area contributed by atoms with Gasteiger partial charge in [-0.25, -0.2) is 0 Å². The highest BCUT2D eigenvalue weighted by Gasteiger charge is 2.36. The van der Waals surface area contributed by atoms with Gasteiger partial charge in [0.15, 0.2) is 0 Å². The molecular weight excluding hydrogens is 412 g/mol. The van der Waals surface area contributed by atoms with Crippen molar-refractivity contribution in [3.63, 3.8) is 0 Å². The number of halogens is 7. The molecule has 0 aliphatic carbocycles. The number of quaternary nitrogens is 1. The highest BCUT2D eigenvalue weighted by atomic mass is 79.9. The van der Waals surface area contributed by atoms with E-state index < -0.39 is 23.5 Å². The van der Waals surface area contributed by atoms with E-state index in [1.165, 1.54) is 0 Å². The monoisotopic (exact) mass is 431 g/mol. The summed E-state index contributed by atoms with van der Waals surface area (Å²) < 4.78 is 77.4. The minimum Gasteiger partial charge on any atom is -1.00 e. The van der Waals surface area contributed by atoms with Crippen LogP contribution in [0.3, 0.4) is 0 Å². The smallest absolute Gasteiger partial charge is 0.416 e. The predicted molar refractivity (Wildman–Crippen MR) is 80.1 cm³/mol. The fourth-order valence-corrected chi connectivity index (χ4v) is 2.34. The molecule has 0 heterocycles. The molecule has 8 heteroatoms. The lowest BCUT2D eigenvalue weighted by atomic mass is 10.0. The molecule has 0 aliphatic rings. The first kappa shape index (κ1) is 23.8. The molecule has 0 saturated heterocycles. The van der Waals surface area contributed by atoms with E-state index in [1.807, 2.05) is 20.8 Å². The molecule has 1 nitrogen and oxygen atoms in total. The van der Waals surface area contributed by atoms with Crippen LogP contribution in [0.5, 0.6) is 0 Å². The summed E-state index contributed by atoms with van der Waals surface area (Å²) in [7, 11) is 0. The Morgan fingerprint density at radius 2 is 1.20 bits per heavy atom. The minimum absolute atomic E-state index is 0. The van der Waals surface area contributed by atoms with Crippen molar-refractivity contribution >= 4 is 0 Å². The fraction of sp³-hybridized carbons (Fsp3) is 0.529. The summed E-state index contributed by atoms with van der Waals surface area (Å²) in [6.45, 7) is 8.66. The van der Waals surface area contributed by atoms with Gasteiger partial charge in [0, 0.05) is 5.56 Å². The third kappa shape index (κ3) is 6.55. The Morgan fingerprint density at radius 3 is 1.52 bits per heavy atom. The Kier molecular flexibility index (Phi) is 8.52. The van der Waals surface area contributed by atoms with Crippen molar-refractivity contribution < 1.29 is 47.8 Å². The van der Waals surface area contributed by atoms with Gasteiger partial charge in [-0.05, 0) is 44.9 Å². The molecule has 0 fully saturated rings. The Morgan fingerprint density at radius 1 is 0.800 bits per heavy atom. The maximum Gasteiger partial charge on any atom is 0.416 e. The van der Waals surface area contributed by atoms with Crippen LogP contribution in [0.15, 0.2) is 18.2 Å². The van der Waals surface area contributed by atoms with Gasteiger partial charge in [0.05, 0.1) is 30.8 Å². The van der Waals surface area contributed by atoms with Crippen molar-refractivity contribution in [3.05, 3.63) is 34.9 Å². The van der Waals surface area contributed by atoms with E-state index in [0.29, 0.717) is 23.2 Å². The van der Waals surface area contributed by atoms with Crippen molar-refractivity contribution in [2.75, 3.05) is 26.2 Å². The van der Waals surface area contributed by atoms with Gasteiger partial charge in [-0.2, -0.15) is 26.3 Å². The molecule has 1 rings (SSSR count). The molecule has 0 bridgehead atoms. The number of rotatable bonds is 4. The fourth-order valence-electron chi connectivity index (χ4n) is 2.34. The van der Waals surface area contributed by atoms with E-state index in [2.05, 4.69) is 11.8 Å². The Balaban J connectivity index is 0.00000576. The standard InChI is InChI=1S/C17H20F6N.BrH/c1-4-24(5-2,6-3)9-7-8-13-10-14(16(18,19)20)12-15(11-13)17(21,22)23;/h10-12H,4-6,9H2,1-3H3;1H/q+1;/p-1. The maximum atomic E-state index is 12.8. The lowest BCUT2D eigenvalue weighted by Crippen LogP contribution is -3.00. The topological polar surface area (TPSA) is 0 Å². The highest BCUT2D eigenvalue weighted by Crippen LogP contribution is 2.36. The van der Waals surface area contributed by atoms with Crippen molar-refractivity contribution in [3.8, 4) is 11.8 Å². The zero-order valence-electron chi connectivity index (χ0n) is 14.2. The van der Waals surface area contributed by atoms with E-state index in [-0.39, 0.29) is 28.6 Å². The second-order valence-corrected chi connectivity index (χ2v) is 5.54. The van der Waals surface area contributed by atoms with Gasteiger partial charge in [-0.1, -0.05) is 5.92 Å². The summed E-state index contributed by atoms with van der Waals surface area (Å²) in [6.07, 6.45) is -9.71. The van der Waals surface area contributed by atoms with Crippen LogP contribution in [0.2, 0.25) is 0 Å². The largest absolute Gasteiger partial charge is 1.00 e. The molecule has 0 N–H and O–H groups in total. The third-order valence-corrected chi connectivity index (χ3v) is 4.25. The molecule has 0 spiro atoms. The lowest BCUT2D eigenvalue weighted by Gasteiger charge is -2.33. The first-order valence-electron chi connectivity index (χ1n) is 7.61. The summed E-state index contributed by atoms with van der Waals surface area (Å²) in [5.74, 6) is 5.20. The molecule has 1 aromatic carbocycles. The maximum absolute atomic E-state index is 12.8. The van der Waals surface area contributed by atoms with Crippen molar-refractivity contribution in [2.24, 2.45) is 0 Å². The first-order chi connectivity index (χ1) is 11.0. The van der Waals surface area contributed by atoms with Gasteiger partial charge >= 0.3 is 12.4 Å². The Bertz CT molecular complexity index is 580. The zero-order valence-corrected chi connectivity index (χ0v) is 15.7. The molecule has 0 saturated carbocycles. The van der Waals surface area contributed by atoms with Crippen LogP contribution in [0, 0.1) is 11.8 Å². The number of benzene rings is 1. The molecule has 1 aromatic rings. The predicted octanol–water partition coefficient (Wildman–Crippen LogP) is 1.96. The summed E-state index contributed by atoms with van der Waals surface area (Å²) >= 11 is 0. The summed E-state index contributed by atoms with van der Waals surface area (Å²) in [5, 5.41) is 0. The molecule has 0 atom stereocenters. The number of alkyl halides is 6. The van der Waals surface area contributed by atoms with Crippen LogP contribution in [0.25, 0.3) is 0 Å². The van der Waals surface area contributed by atoms with Crippen molar-refractivity contribution in [1.29, 1.82) is 0 Å². The number of hydrogen-bond donors (Lipinski definition) is 0. The second-order valence-electron chi connectivity index (χ2n) is 5.54. The first-order valence-corrected chi connectivity index (χ1v) is 7.61. The van der Waals surface area contributed by atoms with Crippen LogP contribution in [-0.2, 0) is 12.4 Å². The Hall–Kier alpha value is -1.20. The summed E-state index contributed by atoms with van der Waals surface area (Å²) in [5.41, 5.74) is -2.97. The van der Waals surface area contributed by atoms with Crippen LogP contribution >= 0.6 is 0 Å². The van der Waals surface area contributed by atoms with E-state index >= 15 is 0 Å². The average Bonchev–Trinajstić information content (AvgIpc) is 2.50. The molecule has 142 valence electrons. The Labute approximate surface area is 154 Å². The van der Waals surface area contributed by atoms with Gasteiger partial charge in [0.25, 0.3) is 0 Å². The molecule has 0 unspecified atom stereocenters. The third-order valence-electron chi connectivity index (χ3n) is 4.25. The van der Waals surface area contributed by atoms with E-state index in [1.54, 1.807) is 0 Å². The van der Waals surface area contributed by atoms with Crippen molar-refractivity contribution in [1.82, 2.24) is 0 Å². The molecular formula is C17H20BrF6N.